The van der Waals surface area contributed by atoms with Crippen molar-refractivity contribution in [3.8, 4) is 0 Å². The number of nitrogens with zero attached hydrogens (tertiary/aromatic N) is 2. The molecule has 1 aromatic carbocycles. The second kappa shape index (κ2) is 7.83. The maximum atomic E-state index is 12.8. The summed E-state index contributed by atoms with van der Waals surface area (Å²) in [5.41, 5.74) is 0.795. The summed E-state index contributed by atoms with van der Waals surface area (Å²) in [7, 11) is -1.88. The summed E-state index contributed by atoms with van der Waals surface area (Å²) in [6, 6.07) is 7.65. The molecular formula is C18H21Cl2N3O3S. The van der Waals surface area contributed by atoms with Gasteiger partial charge in [-0.3, -0.25) is 4.79 Å². The summed E-state index contributed by atoms with van der Waals surface area (Å²) < 4.78 is 28.6. The molecule has 1 aromatic heterocycles. The molecule has 1 aliphatic heterocycles. The molecule has 2 heterocycles. The molecule has 0 spiro atoms. The maximum Gasteiger partial charge on any atom is 0.272 e. The molecule has 146 valence electrons. The lowest BCUT2D eigenvalue weighted by molar-refractivity contribution is 0.101. The first-order valence-electron chi connectivity index (χ1n) is 8.62. The molecule has 9 heteroatoms. The van der Waals surface area contributed by atoms with E-state index in [4.69, 9.17) is 23.2 Å². The highest BCUT2D eigenvalue weighted by atomic mass is 35.5. The molecule has 1 saturated heterocycles. The average Bonchev–Trinajstić information content (AvgIpc) is 2.90. The van der Waals surface area contributed by atoms with Gasteiger partial charge < -0.3 is 9.88 Å². The van der Waals surface area contributed by atoms with Crippen LogP contribution in [0.2, 0.25) is 10.2 Å². The summed E-state index contributed by atoms with van der Waals surface area (Å²) in [5.74, 6) is -0.0252. The van der Waals surface area contributed by atoms with E-state index in [-0.39, 0.29) is 16.0 Å². The van der Waals surface area contributed by atoms with Gasteiger partial charge in [-0.25, -0.2) is 8.42 Å². The molecule has 0 radical (unpaired) electrons. The number of amides is 1. The van der Waals surface area contributed by atoms with E-state index in [9.17, 15) is 13.2 Å². The molecule has 0 bridgehead atoms. The van der Waals surface area contributed by atoms with E-state index >= 15 is 0 Å². The maximum absolute atomic E-state index is 12.8. The van der Waals surface area contributed by atoms with E-state index in [1.807, 2.05) is 0 Å². The number of rotatable bonds is 4. The van der Waals surface area contributed by atoms with Gasteiger partial charge in [-0.05, 0) is 49.1 Å². The fourth-order valence-electron chi connectivity index (χ4n) is 3.18. The zero-order valence-corrected chi connectivity index (χ0v) is 17.4. The van der Waals surface area contributed by atoms with Crippen LogP contribution in [0.15, 0.2) is 35.2 Å². The number of nitrogens with one attached hydrogen (secondary N) is 1. The van der Waals surface area contributed by atoms with Crippen LogP contribution in [0.25, 0.3) is 0 Å². The number of benzene rings is 1. The van der Waals surface area contributed by atoms with Gasteiger partial charge in [-0.15, -0.1) is 0 Å². The molecule has 0 saturated carbocycles. The van der Waals surface area contributed by atoms with E-state index < -0.39 is 10.0 Å². The lowest BCUT2D eigenvalue weighted by Crippen LogP contribution is -2.39. The normalized spacial score (nSPS) is 18.4. The van der Waals surface area contributed by atoms with E-state index in [0.717, 1.165) is 12.8 Å². The lowest BCUT2D eigenvalue weighted by Gasteiger charge is -2.30. The van der Waals surface area contributed by atoms with Gasteiger partial charge in [0.25, 0.3) is 5.91 Å². The third-order valence-electron chi connectivity index (χ3n) is 4.72. The lowest BCUT2D eigenvalue weighted by atomic mass is 10.0. The van der Waals surface area contributed by atoms with Crippen LogP contribution in [0.4, 0.5) is 5.69 Å². The number of sulfonamides is 1. The van der Waals surface area contributed by atoms with Gasteiger partial charge in [0.2, 0.25) is 10.0 Å². The largest absolute Gasteiger partial charge is 0.329 e. The minimum atomic E-state index is -3.52. The molecule has 1 amide bonds. The number of anilines is 1. The number of hydrogen-bond donors (Lipinski definition) is 1. The van der Waals surface area contributed by atoms with Crippen molar-refractivity contribution in [2.24, 2.45) is 13.0 Å². The third kappa shape index (κ3) is 4.16. The van der Waals surface area contributed by atoms with Crippen molar-refractivity contribution in [3.63, 3.8) is 0 Å². The number of aromatic nitrogens is 1. The number of carbonyl (C=O) groups is 1. The van der Waals surface area contributed by atoms with Crippen molar-refractivity contribution in [3.05, 3.63) is 46.2 Å². The molecule has 0 aliphatic carbocycles. The van der Waals surface area contributed by atoms with Crippen molar-refractivity contribution in [1.29, 1.82) is 0 Å². The molecule has 3 rings (SSSR count). The number of carbonyl (C=O) groups excluding carboxylic acids is 1. The zero-order chi connectivity index (χ0) is 19.8. The summed E-state index contributed by atoms with van der Waals surface area (Å²) >= 11 is 11.9. The Balaban J connectivity index is 1.75. The van der Waals surface area contributed by atoms with Crippen LogP contribution in [0.1, 0.15) is 30.3 Å². The topological polar surface area (TPSA) is 71.4 Å². The highest BCUT2D eigenvalue weighted by Crippen LogP contribution is 2.27. The molecule has 1 N–H and O–H groups in total. The van der Waals surface area contributed by atoms with Crippen molar-refractivity contribution < 1.29 is 13.2 Å². The smallest absolute Gasteiger partial charge is 0.272 e. The number of hydrogen-bond acceptors (Lipinski definition) is 3. The molecule has 1 unspecified atom stereocenters. The second-order valence-electron chi connectivity index (χ2n) is 6.82. The number of halogens is 2. The molecule has 27 heavy (non-hydrogen) atoms. The van der Waals surface area contributed by atoms with Crippen LogP contribution in [-0.2, 0) is 17.1 Å². The quantitative estimate of drug-likeness (QED) is 0.797. The van der Waals surface area contributed by atoms with E-state index in [1.54, 1.807) is 19.2 Å². The van der Waals surface area contributed by atoms with E-state index in [2.05, 4.69) is 12.2 Å². The Morgan fingerprint density at radius 1 is 1.22 bits per heavy atom. The Kier molecular flexibility index (Phi) is 5.86. The van der Waals surface area contributed by atoms with Crippen LogP contribution in [0.5, 0.6) is 0 Å². The number of piperidine rings is 1. The first kappa shape index (κ1) is 20.2. The first-order chi connectivity index (χ1) is 12.7. The summed E-state index contributed by atoms with van der Waals surface area (Å²) in [4.78, 5) is 12.6. The summed E-state index contributed by atoms with van der Waals surface area (Å²) in [6.45, 7) is 3.14. The summed E-state index contributed by atoms with van der Waals surface area (Å²) in [6.07, 6.45) is 1.92. The molecule has 6 nitrogen and oxygen atoms in total. The standard InChI is InChI=1S/C18H21Cl2N3O3S/c1-12-4-3-9-23(11-12)27(25,26)14-7-5-13(6-8-14)21-18(24)16-10-15(19)17(20)22(16)2/h5-8,10,12H,3-4,9,11H2,1-2H3,(H,21,24). The Bertz CT molecular complexity index is 955. The first-order valence-corrected chi connectivity index (χ1v) is 10.8. The van der Waals surface area contributed by atoms with Crippen LogP contribution in [0.3, 0.4) is 0 Å². The predicted molar refractivity (Wildman–Crippen MR) is 107 cm³/mol. The molecule has 1 aliphatic rings. The van der Waals surface area contributed by atoms with Crippen LogP contribution in [0, 0.1) is 5.92 Å². The summed E-state index contributed by atoms with van der Waals surface area (Å²) in [5, 5.41) is 3.29. The Morgan fingerprint density at radius 2 is 1.89 bits per heavy atom. The van der Waals surface area contributed by atoms with Gasteiger partial charge in [0.05, 0.1) is 9.92 Å². The van der Waals surface area contributed by atoms with Gasteiger partial charge in [-0.1, -0.05) is 30.1 Å². The van der Waals surface area contributed by atoms with E-state index in [0.29, 0.717) is 35.4 Å². The van der Waals surface area contributed by atoms with Crippen LogP contribution >= 0.6 is 23.2 Å². The van der Waals surface area contributed by atoms with Crippen LogP contribution in [-0.4, -0.2) is 36.3 Å². The van der Waals surface area contributed by atoms with Gasteiger partial charge in [0, 0.05) is 25.8 Å². The monoisotopic (exact) mass is 429 g/mol. The minimum absolute atomic E-state index is 0.222. The highest BCUT2D eigenvalue weighted by Gasteiger charge is 2.28. The van der Waals surface area contributed by atoms with Crippen molar-refractivity contribution in [1.82, 2.24) is 8.87 Å². The molecule has 2 aromatic rings. The molecular weight excluding hydrogens is 409 g/mol. The van der Waals surface area contributed by atoms with E-state index in [1.165, 1.54) is 27.1 Å². The zero-order valence-electron chi connectivity index (χ0n) is 15.1. The fourth-order valence-corrected chi connectivity index (χ4v) is 5.15. The molecule has 1 atom stereocenters. The minimum Gasteiger partial charge on any atom is -0.329 e. The van der Waals surface area contributed by atoms with Crippen molar-refractivity contribution >= 4 is 44.8 Å². The molecule has 1 fully saturated rings. The van der Waals surface area contributed by atoms with Crippen LogP contribution < -0.4 is 5.32 Å². The fraction of sp³-hybridized carbons (Fsp3) is 0.389. The predicted octanol–water partition coefficient (Wildman–Crippen LogP) is 4.00. The van der Waals surface area contributed by atoms with Crippen molar-refractivity contribution in [2.45, 2.75) is 24.7 Å². The van der Waals surface area contributed by atoms with Crippen molar-refractivity contribution in [2.75, 3.05) is 18.4 Å². The Hall–Kier alpha value is -1.54. The average molecular weight is 430 g/mol. The van der Waals surface area contributed by atoms with Gasteiger partial charge >= 0.3 is 0 Å². The van der Waals surface area contributed by atoms with Gasteiger partial charge in [-0.2, -0.15) is 4.31 Å². The second-order valence-corrected chi connectivity index (χ2v) is 9.52. The highest BCUT2D eigenvalue weighted by molar-refractivity contribution is 7.89. The van der Waals surface area contributed by atoms with Gasteiger partial charge in [0.15, 0.2) is 0 Å². The Labute approximate surface area is 169 Å². The third-order valence-corrected chi connectivity index (χ3v) is 7.44. The SMILES string of the molecule is CC1CCCN(S(=O)(=O)c2ccc(NC(=O)c3cc(Cl)c(Cl)n3C)cc2)C1. The van der Waals surface area contributed by atoms with Gasteiger partial charge in [0.1, 0.15) is 10.8 Å². The Morgan fingerprint density at radius 3 is 2.44 bits per heavy atom.